The predicted octanol–water partition coefficient (Wildman–Crippen LogP) is -0.769. The first-order valence-electron chi connectivity index (χ1n) is 6.31. The van der Waals surface area contributed by atoms with E-state index in [4.69, 9.17) is 4.74 Å². The van der Waals surface area contributed by atoms with Crippen molar-refractivity contribution in [1.82, 2.24) is 14.9 Å². The monoisotopic (exact) mass is 281 g/mol. The number of rotatable bonds is 5. The summed E-state index contributed by atoms with van der Waals surface area (Å²) in [5.41, 5.74) is -1.55. The van der Waals surface area contributed by atoms with Gasteiger partial charge < -0.3 is 14.6 Å². The molecule has 1 aromatic heterocycles. The van der Waals surface area contributed by atoms with Gasteiger partial charge in [0.1, 0.15) is 12.2 Å². The van der Waals surface area contributed by atoms with E-state index in [1.54, 1.807) is 6.92 Å². The van der Waals surface area contributed by atoms with Crippen molar-refractivity contribution in [2.45, 2.75) is 25.8 Å². The standard InChI is InChI=1S/C12H15N3O5/c1-2-20-10(17)6-15(7-3-4-7)11(18)8-5-9(16)14-12(19)13-8/h5,7H,2-4,6H2,1H3,(H2,13,14,16,19). The molecule has 0 unspecified atom stereocenters. The molecule has 1 aromatic rings. The van der Waals surface area contributed by atoms with Crippen molar-refractivity contribution in [3.05, 3.63) is 32.6 Å². The van der Waals surface area contributed by atoms with E-state index in [0.29, 0.717) is 0 Å². The quantitative estimate of drug-likeness (QED) is 0.688. The number of amides is 1. The highest BCUT2D eigenvalue weighted by molar-refractivity contribution is 5.94. The Bertz CT molecular complexity index is 600. The number of hydrogen-bond donors (Lipinski definition) is 2. The summed E-state index contributed by atoms with van der Waals surface area (Å²) in [6.07, 6.45) is 1.58. The van der Waals surface area contributed by atoms with Crippen LogP contribution in [0.25, 0.3) is 0 Å². The molecule has 108 valence electrons. The molecule has 0 saturated heterocycles. The third kappa shape index (κ3) is 3.34. The lowest BCUT2D eigenvalue weighted by Crippen LogP contribution is -2.40. The second-order valence-corrected chi connectivity index (χ2v) is 4.47. The van der Waals surface area contributed by atoms with Crippen LogP contribution in [0.2, 0.25) is 0 Å². The molecule has 8 heteroatoms. The number of hydrogen-bond acceptors (Lipinski definition) is 5. The highest BCUT2D eigenvalue weighted by atomic mass is 16.5. The summed E-state index contributed by atoms with van der Waals surface area (Å²) in [6, 6.07) is 0.958. The SMILES string of the molecule is CCOC(=O)CN(C(=O)c1cc(=O)[nH]c(=O)[nH]1)C1CC1. The molecular formula is C12H15N3O5. The highest BCUT2D eigenvalue weighted by Crippen LogP contribution is 2.27. The number of aromatic nitrogens is 2. The van der Waals surface area contributed by atoms with E-state index in [1.807, 2.05) is 4.98 Å². The lowest BCUT2D eigenvalue weighted by molar-refractivity contribution is -0.144. The second-order valence-electron chi connectivity index (χ2n) is 4.47. The molecule has 1 heterocycles. The minimum absolute atomic E-state index is 0.0466. The lowest BCUT2D eigenvalue weighted by atomic mass is 10.3. The van der Waals surface area contributed by atoms with Crippen LogP contribution in [-0.4, -0.2) is 45.9 Å². The Morgan fingerprint density at radius 1 is 1.35 bits per heavy atom. The molecule has 1 fully saturated rings. The van der Waals surface area contributed by atoms with Crippen molar-refractivity contribution < 1.29 is 14.3 Å². The normalized spacial score (nSPS) is 13.8. The van der Waals surface area contributed by atoms with Crippen molar-refractivity contribution in [3.63, 3.8) is 0 Å². The summed E-state index contributed by atoms with van der Waals surface area (Å²) < 4.78 is 4.81. The first-order chi connectivity index (χ1) is 9.51. The number of carbonyl (C=O) groups is 2. The summed E-state index contributed by atoms with van der Waals surface area (Å²) in [5.74, 6) is -1.07. The van der Waals surface area contributed by atoms with Gasteiger partial charge in [0, 0.05) is 12.1 Å². The van der Waals surface area contributed by atoms with Crippen LogP contribution in [-0.2, 0) is 9.53 Å². The molecule has 2 rings (SSSR count). The number of esters is 1. The number of nitrogens with zero attached hydrogens (tertiary/aromatic N) is 1. The van der Waals surface area contributed by atoms with Crippen LogP contribution in [0.3, 0.4) is 0 Å². The molecule has 20 heavy (non-hydrogen) atoms. The fourth-order valence-electron chi connectivity index (χ4n) is 1.84. The van der Waals surface area contributed by atoms with E-state index in [2.05, 4.69) is 4.98 Å². The van der Waals surface area contributed by atoms with E-state index in [-0.39, 0.29) is 24.9 Å². The van der Waals surface area contributed by atoms with Gasteiger partial charge in [-0.1, -0.05) is 0 Å². The smallest absolute Gasteiger partial charge is 0.326 e. The molecule has 0 aromatic carbocycles. The molecule has 0 atom stereocenters. The van der Waals surface area contributed by atoms with Gasteiger partial charge in [-0.3, -0.25) is 19.4 Å². The Morgan fingerprint density at radius 3 is 2.60 bits per heavy atom. The van der Waals surface area contributed by atoms with Gasteiger partial charge in [-0.15, -0.1) is 0 Å². The van der Waals surface area contributed by atoms with Gasteiger partial charge in [-0.05, 0) is 19.8 Å². The van der Waals surface area contributed by atoms with Gasteiger partial charge in [0.25, 0.3) is 11.5 Å². The predicted molar refractivity (Wildman–Crippen MR) is 68.4 cm³/mol. The molecule has 2 N–H and O–H groups in total. The Morgan fingerprint density at radius 2 is 2.05 bits per heavy atom. The van der Waals surface area contributed by atoms with Crippen LogP contribution < -0.4 is 11.2 Å². The van der Waals surface area contributed by atoms with Crippen LogP contribution >= 0.6 is 0 Å². The summed E-state index contributed by atoms with van der Waals surface area (Å²) in [4.78, 5) is 51.7. The average molecular weight is 281 g/mol. The van der Waals surface area contributed by atoms with E-state index in [1.165, 1.54) is 4.90 Å². The zero-order valence-electron chi connectivity index (χ0n) is 11.0. The van der Waals surface area contributed by atoms with Crippen LogP contribution in [0.1, 0.15) is 30.3 Å². The zero-order valence-corrected chi connectivity index (χ0v) is 11.0. The Labute approximate surface area is 113 Å². The zero-order chi connectivity index (χ0) is 14.7. The first kappa shape index (κ1) is 14.0. The first-order valence-corrected chi connectivity index (χ1v) is 6.31. The molecule has 0 spiro atoms. The van der Waals surface area contributed by atoms with Gasteiger partial charge in [-0.2, -0.15) is 0 Å². The van der Waals surface area contributed by atoms with Gasteiger partial charge in [-0.25, -0.2) is 4.79 Å². The minimum Gasteiger partial charge on any atom is -0.465 e. The fourth-order valence-corrected chi connectivity index (χ4v) is 1.84. The lowest BCUT2D eigenvalue weighted by Gasteiger charge is -2.20. The molecule has 1 aliphatic carbocycles. The summed E-state index contributed by atoms with van der Waals surface area (Å²) in [5, 5.41) is 0. The van der Waals surface area contributed by atoms with Crippen LogP contribution in [0.5, 0.6) is 0 Å². The molecular weight excluding hydrogens is 266 g/mol. The Hall–Kier alpha value is -2.38. The molecule has 0 bridgehead atoms. The largest absolute Gasteiger partial charge is 0.465 e. The fraction of sp³-hybridized carbons (Fsp3) is 0.500. The van der Waals surface area contributed by atoms with Crippen molar-refractivity contribution in [2.24, 2.45) is 0 Å². The molecule has 1 amide bonds. The summed E-state index contributed by atoms with van der Waals surface area (Å²) in [6.45, 7) is 1.72. The van der Waals surface area contributed by atoms with Crippen LogP contribution in [0.15, 0.2) is 15.7 Å². The molecule has 1 aliphatic rings. The molecule has 0 radical (unpaired) electrons. The number of ether oxygens (including phenoxy) is 1. The average Bonchev–Trinajstić information content (AvgIpc) is 3.18. The van der Waals surface area contributed by atoms with Gasteiger partial charge >= 0.3 is 11.7 Å². The Balaban J connectivity index is 2.20. The molecule has 1 saturated carbocycles. The van der Waals surface area contributed by atoms with Crippen LogP contribution in [0.4, 0.5) is 0 Å². The maximum atomic E-state index is 12.3. The van der Waals surface area contributed by atoms with Gasteiger partial charge in [0.05, 0.1) is 6.61 Å². The number of nitrogens with one attached hydrogen (secondary N) is 2. The maximum Gasteiger partial charge on any atom is 0.326 e. The molecule has 0 aliphatic heterocycles. The third-order valence-electron chi connectivity index (χ3n) is 2.84. The highest BCUT2D eigenvalue weighted by Gasteiger charge is 2.35. The number of aromatic amines is 2. The van der Waals surface area contributed by atoms with Gasteiger partial charge in [0.2, 0.25) is 0 Å². The van der Waals surface area contributed by atoms with Crippen molar-refractivity contribution in [1.29, 1.82) is 0 Å². The van der Waals surface area contributed by atoms with Crippen molar-refractivity contribution in [3.8, 4) is 0 Å². The second kappa shape index (κ2) is 5.72. The topological polar surface area (TPSA) is 112 Å². The van der Waals surface area contributed by atoms with Gasteiger partial charge in [0.15, 0.2) is 0 Å². The van der Waals surface area contributed by atoms with Crippen LogP contribution in [0, 0.1) is 0 Å². The summed E-state index contributed by atoms with van der Waals surface area (Å²) >= 11 is 0. The Kier molecular flexibility index (Phi) is 4.02. The van der Waals surface area contributed by atoms with E-state index in [9.17, 15) is 19.2 Å². The molecule has 8 nitrogen and oxygen atoms in total. The van der Waals surface area contributed by atoms with E-state index < -0.39 is 23.1 Å². The van der Waals surface area contributed by atoms with Crippen molar-refractivity contribution >= 4 is 11.9 Å². The summed E-state index contributed by atoms with van der Waals surface area (Å²) in [7, 11) is 0. The maximum absolute atomic E-state index is 12.3. The number of H-pyrrole nitrogens is 2. The van der Waals surface area contributed by atoms with E-state index in [0.717, 1.165) is 18.9 Å². The van der Waals surface area contributed by atoms with Crippen molar-refractivity contribution in [2.75, 3.05) is 13.2 Å². The third-order valence-corrected chi connectivity index (χ3v) is 2.84. The van der Waals surface area contributed by atoms with E-state index >= 15 is 0 Å². The number of carbonyl (C=O) groups excluding carboxylic acids is 2. The minimum atomic E-state index is -0.757.